The number of hydrogen-bond acceptors (Lipinski definition) is 8. The molecule has 0 aliphatic carbocycles. The number of ether oxygens (including phenoxy) is 4. The molecule has 1 aromatic rings. The van der Waals surface area contributed by atoms with Gasteiger partial charge in [0.05, 0.1) is 0 Å². The van der Waals surface area contributed by atoms with Gasteiger partial charge in [-0.05, 0) is 18.2 Å². The van der Waals surface area contributed by atoms with Crippen LogP contribution >= 0.6 is 0 Å². The van der Waals surface area contributed by atoms with Gasteiger partial charge in [-0.1, -0.05) is 27.7 Å². The molecule has 0 radical (unpaired) electrons. The average molecular weight is 380 g/mol. The van der Waals surface area contributed by atoms with Crippen LogP contribution in [0.15, 0.2) is 18.2 Å². The van der Waals surface area contributed by atoms with E-state index >= 15 is 0 Å². The van der Waals surface area contributed by atoms with Gasteiger partial charge in [-0.15, -0.1) is 0 Å². The number of carbonyl (C=O) groups is 4. The summed E-state index contributed by atoms with van der Waals surface area (Å²) in [6.07, 6.45) is -0.897. The van der Waals surface area contributed by atoms with E-state index in [4.69, 9.17) is 18.9 Å². The van der Waals surface area contributed by atoms with Crippen LogP contribution in [0.25, 0.3) is 0 Å². The fourth-order valence-electron chi connectivity index (χ4n) is 1.79. The summed E-state index contributed by atoms with van der Waals surface area (Å²) in [6, 6.07) is 4.17. The van der Waals surface area contributed by atoms with E-state index in [-0.39, 0.29) is 42.7 Å². The summed E-state index contributed by atoms with van der Waals surface area (Å²) < 4.78 is 20.7. The molecule has 0 fully saturated rings. The maximum absolute atomic E-state index is 11.7. The van der Waals surface area contributed by atoms with E-state index in [9.17, 15) is 19.2 Å². The lowest BCUT2D eigenvalue weighted by atomic mass is 10.2. The monoisotopic (exact) mass is 380 g/mol. The number of hydrogen-bond donors (Lipinski definition) is 0. The minimum atomic E-state index is -1.31. The fourth-order valence-corrected chi connectivity index (χ4v) is 1.79. The van der Waals surface area contributed by atoms with Crippen molar-refractivity contribution in [2.24, 2.45) is 0 Å². The van der Waals surface area contributed by atoms with Crippen LogP contribution in [0.2, 0.25) is 0 Å². The first-order valence-corrected chi connectivity index (χ1v) is 8.78. The molecule has 0 heterocycles. The summed E-state index contributed by atoms with van der Waals surface area (Å²) in [6.45, 7) is 6.43. The molecule has 8 heteroatoms. The predicted octanol–water partition coefficient (Wildman–Crippen LogP) is 3.22. The first-order valence-electron chi connectivity index (χ1n) is 8.78. The maximum atomic E-state index is 11.7. The van der Waals surface area contributed by atoms with Crippen LogP contribution in [0.3, 0.4) is 0 Å². The normalized spacial score (nSPS) is 10.3. The van der Waals surface area contributed by atoms with E-state index in [2.05, 4.69) is 0 Å². The molecule has 0 saturated carbocycles. The highest BCUT2D eigenvalue weighted by molar-refractivity contribution is 5.76. The summed E-state index contributed by atoms with van der Waals surface area (Å²) in [4.78, 5) is 46.6. The van der Waals surface area contributed by atoms with Crippen molar-refractivity contribution in [1.82, 2.24) is 0 Å². The van der Waals surface area contributed by atoms with E-state index in [1.165, 1.54) is 18.2 Å². The van der Waals surface area contributed by atoms with Gasteiger partial charge in [0.2, 0.25) is 0 Å². The van der Waals surface area contributed by atoms with Gasteiger partial charge in [0.25, 0.3) is 6.29 Å². The number of esters is 4. The Hall–Kier alpha value is -2.90. The molecule has 0 amide bonds. The summed E-state index contributed by atoms with van der Waals surface area (Å²) in [5, 5.41) is 0. The highest BCUT2D eigenvalue weighted by Gasteiger charge is 2.23. The molecule has 0 N–H and O–H groups in total. The molecular weight excluding hydrogens is 356 g/mol. The van der Waals surface area contributed by atoms with Crippen molar-refractivity contribution >= 4 is 23.9 Å². The van der Waals surface area contributed by atoms with Crippen LogP contribution in [0.4, 0.5) is 0 Å². The van der Waals surface area contributed by atoms with Crippen molar-refractivity contribution in [2.45, 2.75) is 59.7 Å². The second-order valence-corrected chi connectivity index (χ2v) is 5.38. The maximum Gasteiger partial charge on any atom is 0.311 e. The molecule has 8 nitrogen and oxygen atoms in total. The van der Waals surface area contributed by atoms with Crippen LogP contribution in [0.1, 0.15) is 65.2 Å². The molecular formula is C19H24O8. The average Bonchev–Trinajstić information content (AvgIpc) is 2.67. The highest BCUT2D eigenvalue weighted by atomic mass is 16.7. The summed E-state index contributed by atoms with van der Waals surface area (Å²) >= 11 is 0. The van der Waals surface area contributed by atoms with Crippen LogP contribution in [0, 0.1) is 0 Å². The van der Waals surface area contributed by atoms with Crippen molar-refractivity contribution in [1.29, 1.82) is 0 Å². The van der Waals surface area contributed by atoms with Gasteiger partial charge in [0, 0.05) is 31.2 Å². The summed E-state index contributed by atoms with van der Waals surface area (Å²) in [5.74, 6) is -2.20. The summed E-state index contributed by atoms with van der Waals surface area (Å²) in [5.41, 5.74) is 0.258. The Morgan fingerprint density at radius 3 is 1.59 bits per heavy atom. The Balaban J connectivity index is 3.26. The zero-order valence-electron chi connectivity index (χ0n) is 15.9. The minimum absolute atomic E-state index is 0.0359. The van der Waals surface area contributed by atoms with Crippen molar-refractivity contribution in [2.75, 3.05) is 0 Å². The predicted molar refractivity (Wildman–Crippen MR) is 93.8 cm³/mol. The third-order valence-corrected chi connectivity index (χ3v) is 3.32. The van der Waals surface area contributed by atoms with Gasteiger partial charge in [-0.2, -0.15) is 0 Å². The van der Waals surface area contributed by atoms with Crippen LogP contribution in [0.5, 0.6) is 11.5 Å². The van der Waals surface area contributed by atoms with Crippen molar-refractivity contribution < 1.29 is 38.1 Å². The molecule has 0 aromatic heterocycles. The van der Waals surface area contributed by atoms with Crippen LogP contribution in [-0.4, -0.2) is 23.9 Å². The molecule has 0 unspecified atom stereocenters. The molecule has 0 aliphatic rings. The lowest BCUT2D eigenvalue weighted by molar-refractivity contribution is -0.189. The molecule has 0 spiro atoms. The van der Waals surface area contributed by atoms with Gasteiger partial charge in [0.1, 0.15) is 0 Å². The Morgan fingerprint density at radius 2 is 1.15 bits per heavy atom. The van der Waals surface area contributed by atoms with Gasteiger partial charge >= 0.3 is 23.9 Å². The quantitative estimate of drug-likeness (QED) is 0.365. The molecule has 1 rings (SSSR count). The lowest BCUT2D eigenvalue weighted by Gasteiger charge is -2.19. The van der Waals surface area contributed by atoms with Gasteiger partial charge in [0.15, 0.2) is 11.5 Å². The second kappa shape index (κ2) is 10.9. The van der Waals surface area contributed by atoms with E-state index in [1.54, 1.807) is 27.7 Å². The molecule has 1 aromatic carbocycles. The largest absolute Gasteiger partial charge is 0.423 e. The highest BCUT2D eigenvalue weighted by Crippen LogP contribution is 2.33. The molecule has 0 aliphatic heterocycles. The third-order valence-electron chi connectivity index (χ3n) is 3.32. The van der Waals surface area contributed by atoms with Gasteiger partial charge in [-0.3, -0.25) is 19.2 Å². The molecule has 0 saturated heterocycles. The fraction of sp³-hybridized carbons (Fsp3) is 0.474. The Bertz CT molecular complexity index is 677. The van der Waals surface area contributed by atoms with E-state index in [1.807, 2.05) is 0 Å². The Kier molecular flexibility index (Phi) is 8.98. The molecule has 148 valence electrons. The third kappa shape index (κ3) is 7.08. The van der Waals surface area contributed by atoms with Crippen LogP contribution in [-0.2, 0) is 28.7 Å². The lowest BCUT2D eigenvalue weighted by Crippen LogP contribution is -2.18. The first kappa shape index (κ1) is 22.1. The van der Waals surface area contributed by atoms with Gasteiger partial charge < -0.3 is 18.9 Å². The van der Waals surface area contributed by atoms with E-state index in [0.29, 0.717) is 0 Å². The SMILES string of the molecule is CCC(=O)Oc1ccc(C(OC(=O)CC)OC(=O)CC)cc1OC(=O)CC. The van der Waals surface area contributed by atoms with Gasteiger partial charge in [-0.25, -0.2) is 0 Å². The van der Waals surface area contributed by atoms with Crippen LogP contribution < -0.4 is 9.47 Å². The molecule has 0 atom stereocenters. The standard InChI is InChI=1S/C19H24O8/c1-5-15(20)24-13-10-9-12(11-14(13)25-16(21)6-2)19(26-17(22)7-3)27-18(23)8-4/h9-11,19H,5-8H2,1-4H3. The Labute approximate surface area is 157 Å². The number of carbonyl (C=O) groups excluding carboxylic acids is 4. The minimum Gasteiger partial charge on any atom is -0.423 e. The zero-order valence-corrected chi connectivity index (χ0v) is 15.9. The molecule has 0 bridgehead atoms. The topological polar surface area (TPSA) is 105 Å². The number of rotatable bonds is 9. The zero-order chi connectivity index (χ0) is 20.4. The summed E-state index contributed by atoms with van der Waals surface area (Å²) in [7, 11) is 0. The van der Waals surface area contributed by atoms with Crippen molar-refractivity contribution in [3.05, 3.63) is 23.8 Å². The van der Waals surface area contributed by atoms with E-state index in [0.717, 1.165) is 0 Å². The second-order valence-electron chi connectivity index (χ2n) is 5.38. The molecule has 27 heavy (non-hydrogen) atoms. The number of benzene rings is 1. The van der Waals surface area contributed by atoms with Crippen molar-refractivity contribution in [3.8, 4) is 11.5 Å². The van der Waals surface area contributed by atoms with Crippen molar-refractivity contribution in [3.63, 3.8) is 0 Å². The first-order chi connectivity index (χ1) is 12.8. The van der Waals surface area contributed by atoms with E-state index < -0.39 is 30.2 Å². The Morgan fingerprint density at radius 1 is 0.704 bits per heavy atom. The smallest absolute Gasteiger partial charge is 0.311 e.